The molecule has 3 aromatic rings. The Hall–Kier alpha value is -2.40. The van der Waals surface area contributed by atoms with Crippen molar-refractivity contribution in [3.63, 3.8) is 0 Å². The summed E-state index contributed by atoms with van der Waals surface area (Å²) in [6.45, 7) is 10.5. The van der Waals surface area contributed by atoms with Crippen LogP contribution in [0.4, 0.5) is 5.82 Å². The summed E-state index contributed by atoms with van der Waals surface area (Å²) in [7, 11) is 0. The third-order valence-corrected chi connectivity index (χ3v) is 4.81. The average Bonchev–Trinajstić information content (AvgIpc) is 2.99. The first kappa shape index (κ1) is 15.1. The molecule has 0 spiro atoms. The highest BCUT2D eigenvalue weighted by atomic mass is 15.2. The Morgan fingerprint density at radius 1 is 1.00 bits per heavy atom. The lowest BCUT2D eigenvalue weighted by Crippen LogP contribution is -2.44. The van der Waals surface area contributed by atoms with Gasteiger partial charge in [-0.05, 0) is 37.5 Å². The zero-order valence-corrected chi connectivity index (χ0v) is 14.5. The van der Waals surface area contributed by atoms with Gasteiger partial charge in [0, 0.05) is 37.9 Å². The van der Waals surface area contributed by atoms with Crippen molar-refractivity contribution in [3.8, 4) is 11.1 Å². The highest BCUT2D eigenvalue weighted by Gasteiger charge is 2.20. The van der Waals surface area contributed by atoms with Crippen LogP contribution in [0.1, 0.15) is 16.7 Å². The van der Waals surface area contributed by atoms with Crippen LogP contribution in [0.2, 0.25) is 0 Å². The van der Waals surface area contributed by atoms with Crippen molar-refractivity contribution in [3.05, 3.63) is 41.3 Å². The SMILES string of the molecule is Cc1cc(C)c(-c2c[nH]c3ncnc(N4CCNCC4)c23)c(C)c1. The number of hydrogen-bond acceptors (Lipinski definition) is 4. The zero-order chi connectivity index (χ0) is 16.7. The van der Waals surface area contributed by atoms with Crippen LogP contribution in [0, 0.1) is 20.8 Å². The normalized spacial score (nSPS) is 15.2. The van der Waals surface area contributed by atoms with Crippen LogP contribution in [0.15, 0.2) is 24.7 Å². The number of fused-ring (bicyclic) bond motifs is 1. The standard InChI is InChI=1S/C19H23N5/c1-12-8-13(2)16(14(3)9-12)15-10-21-18-17(15)19(23-11-22-18)24-6-4-20-5-7-24/h8-11,20H,4-7H2,1-3H3,(H,21,22,23). The van der Waals surface area contributed by atoms with Crippen molar-refractivity contribution < 1.29 is 0 Å². The highest BCUT2D eigenvalue weighted by molar-refractivity contribution is 6.02. The molecule has 0 amide bonds. The van der Waals surface area contributed by atoms with Crippen LogP contribution in [0.3, 0.4) is 0 Å². The molecule has 0 atom stereocenters. The lowest BCUT2D eigenvalue weighted by atomic mass is 9.94. The number of rotatable bonds is 2. The number of piperazine rings is 1. The minimum atomic E-state index is 0.910. The predicted octanol–water partition coefficient (Wildman–Crippen LogP) is 2.96. The topological polar surface area (TPSA) is 56.8 Å². The molecule has 3 heterocycles. The van der Waals surface area contributed by atoms with Crippen LogP contribution in [-0.4, -0.2) is 41.1 Å². The van der Waals surface area contributed by atoms with E-state index in [2.05, 4.69) is 64.3 Å². The fraction of sp³-hybridized carbons (Fsp3) is 0.368. The van der Waals surface area contributed by atoms with Crippen LogP contribution in [0.5, 0.6) is 0 Å². The molecule has 1 fully saturated rings. The van der Waals surface area contributed by atoms with Crippen molar-refractivity contribution in [1.29, 1.82) is 0 Å². The number of H-pyrrole nitrogens is 1. The fourth-order valence-electron chi connectivity index (χ4n) is 3.86. The van der Waals surface area contributed by atoms with Gasteiger partial charge in [0.05, 0.1) is 5.39 Å². The van der Waals surface area contributed by atoms with Gasteiger partial charge in [-0.25, -0.2) is 9.97 Å². The van der Waals surface area contributed by atoms with E-state index in [1.165, 1.54) is 27.8 Å². The van der Waals surface area contributed by atoms with Crippen LogP contribution in [0.25, 0.3) is 22.2 Å². The first-order valence-corrected chi connectivity index (χ1v) is 8.51. The molecule has 1 saturated heterocycles. The molecule has 124 valence electrons. The number of hydrogen-bond donors (Lipinski definition) is 2. The Morgan fingerprint density at radius 3 is 2.42 bits per heavy atom. The Balaban J connectivity index is 1.94. The molecule has 1 aliphatic heterocycles. The number of nitrogens with zero attached hydrogens (tertiary/aromatic N) is 3. The van der Waals surface area contributed by atoms with Crippen molar-refractivity contribution in [2.75, 3.05) is 31.1 Å². The molecule has 5 heteroatoms. The van der Waals surface area contributed by atoms with Gasteiger partial charge in [-0.15, -0.1) is 0 Å². The number of benzene rings is 1. The molecule has 0 bridgehead atoms. The molecule has 0 radical (unpaired) electrons. The molecule has 5 nitrogen and oxygen atoms in total. The Kier molecular flexibility index (Phi) is 3.73. The summed E-state index contributed by atoms with van der Waals surface area (Å²) < 4.78 is 0. The number of anilines is 1. The van der Waals surface area contributed by atoms with E-state index in [9.17, 15) is 0 Å². The summed E-state index contributed by atoms with van der Waals surface area (Å²) in [5.74, 6) is 1.04. The number of aromatic amines is 1. The second-order valence-electron chi connectivity index (χ2n) is 6.63. The van der Waals surface area contributed by atoms with Crippen molar-refractivity contribution >= 4 is 16.9 Å². The van der Waals surface area contributed by atoms with Crippen LogP contribution < -0.4 is 10.2 Å². The Morgan fingerprint density at radius 2 is 1.71 bits per heavy atom. The van der Waals surface area contributed by atoms with E-state index in [0.29, 0.717) is 0 Å². The lowest BCUT2D eigenvalue weighted by Gasteiger charge is -2.29. The Bertz CT molecular complexity index is 867. The quantitative estimate of drug-likeness (QED) is 0.762. The maximum absolute atomic E-state index is 4.63. The molecule has 0 saturated carbocycles. The molecule has 1 aliphatic rings. The highest BCUT2D eigenvalue weighted by Crippen LogP contribution is 2.37. The molecule has 0 aliphatic carbocycles. The molecular weight excluding hydrogens is 298 g/mol. The minimum Gasteiger partial charge on any atom is -0.353 e. The maximum atomic E-state index is 4.63. The summed E-state index contributed by atoms with van der Waals surface area (Å²) in [5, 5.41) is 4.54. The number of nitrogens with one attached hydrogen (secondary N) is 2. The van der Waals surface area contributed by atoms with E-state index >= 15 is 0 Å². The molecule has 0 unspecified atom stereocenters. The van der Waals surface area contributed by atoms with Gasteiger partial charge >= 0.3 is 0 Å². The zero-order valence-electron chi connectivity index (χ0n) is 14.5. The first-order valence-electron chi connectivity index (χ1n) is 8.51. The fourth-order valence-corrected chi connectivity index (χ4v) is 3.86. The lowest BCUT2D eigenvalue weighted by molar-refractivity contribution is 0.586. The summed E-state index contributed by atoms with van der Waals surface area (Å²) in [5.41, 5.74) is 7.29. The summed E-state index contributed by atoms with van der Waals surface area (Å²) in [6, 6.07) is 4.49. The van der Waals surface area contributed by atoms with E-state index in [1.807, 2.05) is 0 Å². The first-order chi connectivity index (χ1) is 11.6. The van der Waals surface area contributed by atoms with E-state index in [1.54, 1.807) is 6.33 Å². The van der Waals surface area contributed by atoms with Gasteiger partial charge in [0.1, 0.15) is 17.8 Å². The van der Waals surface area contributed by atoms with Gasteiger partial charge in [0.2, 0.25) is 0 Å². The van der Waals surface area contributed by atoms with Crippen molar-refractivity contribution in [2.24, 2.45) is 0 Å². The van der Waals surface area contributed by atoms with E-state index in [0.717, 1.165) is 43.0 Å². The maximum Gasteiger partial charge on any atom is 0.143 e. The molecule has 24 heavy (non-hydrogen) atoms. The summed E-state index contributed by atoms with van der Waals surface area (Å²) >= 11 is 0. The molecule has 1 aromatic carbocycles. The third-order valence-electron chi connectivity index (χ3n) is 4.81. The van der Waals surface area contributed by atoms with Crippen molar-refractivity contribution in [1.82, 2.24) is 20.3 Å². The van der Waals surface area contributed by atoms with E-state index in [-0.39, 0.29) is 0 Å². The third kappa shape index (κ3) is 2.45. The molecule has 2 N–H and O–H groups in total. The van der Waals surface area contributed by atoms with Gasteiger partial charge in [0.15, 0.2) is 0 Å². The molecular formula is C19H23N5. The van der Waals surface area contributed by atoms with Crippen molar-refractivity contribution in [2.45, 2.75) is 20.8 Å². The van der Waals surface area contributed by atoms with Gasteiger partial charge in [0.25, 0.3) is 0 Å². The van der Waals surface area contributed by atoms with Gasteiger partial charge < -0.3 is 15.2 Å². The van der Waals surface area contributed by atoms with Crippen LogP contribution >= 0.6 is 0 Å². The monoisotopic (exact) mass is 321 g/mol. The second kappa shape index (κ2) is 5.91. The summed E-state index contributed by atoms with van der Waals surface area (Å²) in [6.07, 6.45) is 3.74. The minimum absolute atomic E-state index is 0.910. The van der Waals surface area contributed by atoms with E-state index in [4.69, 9.17) is 0 Å². The summed E-state index contributed by atoms with van der Waals surface area (Å²) in [4.78, 5) is 14.8. The molecule has 2 aromatic heterocycles. The Labute approximate surface area is 142 Å². The largest absolute Gasteiger partial charge is 0.353 e. The molecule has 4 rings (SSSR count). The average molecular weight is 321 g/mol. The second-order valence-corrected chi connectivity index (χ2v) is 6.63. The number of aryl methyl sites for hydroxylation is 3. The van der Waals surface area contributed by atoms with Gasteiger partial charge in [-0.1, -0.05) is 17.7 Å². The van der Waals surface area contributed by atoms with Gasteiger partial charge in [-0.3, -0.25) is 0 Å². The predicted molar refractivity (Wildman–Crippen MR) is 98.6 cm³/mol. The smallest absolute Gasteiger partial charge is 0.143 e. The van der Waals surface area contributed by atoms with Crippen LogP contribution in [-0.2, 0) is 0 Å². The van der Waals surface area contributed by atoms with Gasteiger partial charge in [-0.2, -0.15) is 0 Å². The van der Waals surface area contributed by atoms with E-state index < -0.39 is 0 Å². The number of aromatic nitrogens is 3.